The van der Waals surface area contributed by atoms with E-state index in [9.17, 15) is 0 Å². The lowest BCUT2D eigenvalue weighted by Crippen LogP contribution is -2.55. The SMILES string of the molecule is Cc1nonc1CNC1CN2CCC1CC2. The van der Waals surface area contributed by atoms with Crippen LogP contribution in [-0.4, -0.2) is 40.9 Å². The molecule has 3 saturated heterocycles. The average Bonchev–Trinajstić information content (AvgIpc) is 2.74. The van der Waals surface area contributed by atoms with Gasteiger partial charge in [0.1, 0.15) is 11.4 Å². The standard InChI is InChI=1S/C11H18N4O/c1-8-10(14-16-13-8)6-12-11-7-15-4-2-9(11)3-5-15/h9,11-12H,2-7H2,1H3. The van der Waals surface area contributed by atoms with Gasteiger partial charge in [0.25, 0.3) is 0 Å². The number of piperidine rings is 3. The van der Waals surface area contributed by atoms with Gasteiger partial charge < -0.3 is 10.2 Å². The molecule has 16 heavy (non-hydrogen) atoms. The Morgan fingerprint density at radius 1 is 1.38 bits per heavy atom. The molecular weight excluding hydrogens is 204 g/mol. The summed E-state index contributed by atoms with van der Waals surface area (Å²) in [4.78, 5) is 2.55. The van der Waals surface area contributed by atoms with Crippen LogP contribution in [0.3, 0.4) is 0 Å². The summed E-state index contributed by atoms with van der Waals surface area (Å²) in [7, 11) is 0. The highest BCUT2D eigenvalue weighted by atomic mass is 16.6. The number of rotatable bonds is 3. The number of aromatic nitrogens is 2. The van der Waals surface area contributed by atoms with E-state index in [-0.39, 0.29) is 0 Å². The molecule has 0 amide bonds. The summed E-state index contributed by atoms with van der Waals surface area (Å²) in [6, 6.07) is 0.624. The molecule has 3 fully saturated rings. The van der Waals surface area contributed by atoms with E-state index >= 15 is 0 Å². The molecule has 3 aliphatic heterocycles. The van der Waals surface area contributed by atoms with Crippen molar-refractivity contribution < 1.29 is 4.63 Å². The van der Waals surface area contributed by atoms with Crippen molar-refractivity contribution in [3.63, 3.8) is 0 Å². The molecule has 5 heteroatoms. The Morgan fingerprint density at radius 2 is 2.19 bits per heavy atom. The molecule has 0 aromatic carbocycles. The molecule has 1 aromatic rings. The second-order valence-corrected chi connectivity index (χ2v) is 4.92. The lowest BCUT2D eigenvalue weighted by Gasteiger charge is -2.45. The minimum absolute atomic E-state index is 0.624. The van der Waals surface area contributed by atoms with Crippen molar-refractivity contribution in [3.8, 4) is 0 Å². The fourth-order valence-electron chi connectivity index (χ4n) is 2.83. The molecule has 88 valence electrons. The Hall–Kier alpha value is -0.940. The molecule has 3 aliphatic rings. The van der Waals surface area contributed by atoms with Crippen molar-refractivity contribution in [1.82, 2.24) is 20.5 Å². The predicted molar refractivity (Wildman–Crippen MR) is 58.8 cm³/mol. The Labute approximate surface area is 95.2 Å². The Kier molecular flexibility index (Phi) is 2.65. The van der Waals surface area contributed by atoms with Gasteiger partial charge in [-0.1, -0.05) is 10.3 Å². The minimum Gasteiger partial charge on any atom is -0.307 e. The maximum absolute atomic E-state index is 4.70. The zero-order chi connectivity index (χ0) is 11.0. The summed E-state index contributed by atoms with van der Waals surface area (Å²) in [6.07, 6.45) is 2.68. The summed E-state index contributed by atoms with van der Waals surface area (Å²) >= 11 is 0. The normalized spacial score (nSPS) is 33.2. The molecule has 4 heterocycles. The molecule has 0 saturated carbocycles. The van der Waals surface area contributed by atoms with E-state index in [0.717, 1.165) is 23.9 Å². The smallest absolute Gasteiger partial charge is 0.121 e. The van der Waals surface area contributed by atoms with E-state index in [1.165, 1.54) is 32.5 Å². The van der Waals surface area contributed by atoms with Crippen molar-refractivity contribution >= 4 is 0 Å². The molecule has 1 atom stereocenters. The minimum atomic E-state index is 0.624. The molecule has 0 aliphatic carbocycles. The second kappa shape index (κ2) is 4.14. The van der Waals surface area contributed by atoms with Crippen LogP contribution in [0.5, 0.6) is 0 Å². The first kappa shape index (κ1) is 10.2. The van der Waals surface area contributed by atoms with E-state index in [1.807, 2.05) is 6.92 Å². The largest absolute Gasteiger partial charge is 0.307 e. The third-order valence-corrected chi connectivity index (χ3v) is 3.93. The quantitative estimate of drug-likeness (QED) is 0.810. The van der Waals surface area contributed by atoms with Crippen LogP contribution in [0, 0.1) is 12.8 Å². The van der Waals surface area contributed by atoms with E-state index in [0.29, 0.717) is 6.04 Å². The van der Waals surface area contributed by atoms with Crippen LogP contribution in [0.2, 0.25) is 0 Å². The van der Waals surface area contributed by atoms with Crippen molar-refractivity contribution in [2.75, 3.05) is 19.6 Å². The molecule has 0 spiro atoms. The first-order valence-electron chi connectivity index (χ1n) is 6.06. The number of hydrogen-bond donors (Lipinski definition) is 1. The summed E-state index contributed by atoms with van der Waals surface area (Å²) in [5, 5.41) is 11.3. The van der Waals surface area contributed by atoms with Gasteiger partial charge in [-0.2, -0.15) is 0 Å². The van der Waals surface area contributed by atoms with Crippen LogP contribution < -0.4 is 5.32 Å². The molecule has 0 radical (unpaired) electrons. The van der Waals surface area contributed by atoms with Gasteiger partial charge in [0.2, 0.25) is 0 Å². The van der Waals surface area contributed by atoms with Gasteiger partial charge in [-0.25, -0.2) is 4.63 Å². The third-order valence-electron chi connectivity index (χ3n) is 3.93. The van der Waals surface area contributed by atoms with Crippen LogP contribution in [-0.2, 0) is 6.54 Å². The average molecular weight is 222 g/mol. The van der Waals surface area contributed by atoms with Gasteiger partial charge in [-0.3, -0.25) is 0 Å². The van der Waals surface area contributed by atoms with Crippen molar-refractivity contribution in [3.05, 3.63) is 11.4 Å². The summed E-state index contributed by atoms with van der Waals surface area (Å²) < 4.78 is 4.70. The number of nitrogens with one attached hydrogen (secondary N) is 1. The predicted octanol–water partition coefficient (Wildman–Crippen LogP) is 0.562. The number of fused-ring (bicyclic) bond motifs is 3. The number of aryl methyl sites for hydroxylation is 1. The first-order valence-corrected chi connectivity index (χ1v) is 6.06. The van der Waals surface area contributed by atoms with Crippen molar-refractivity contribution in [2.45, 2.75) is 32.4 Å². The van der Waals surface area contributed by atoms with Crippen LogP contribution in [0.4, 0.5) is 0 Å². The molecule has 1 unspecified atom stereocenters. The van der Waals surface area contributed by atoms with Gasteiger partial charge in [0.05, 0.1) is 0 Å². The maximum atomic E-state index is 4.70. The van der Waals surface area contributed by atoms with Gasteiger partial charge >= 0.3 is 0 Å². The topological polar surface area (TPSA) is 54.2 Å². The highest BCUT2D eigenvalue weighted by Crippen LogP contribution is 2.27. The fraction of sp³-hybridized carbons (Fsp3) is 0.818. The molecule has 4 rings (SSSR count). The van der Waals surface area contributed by atoms with Crippen LogP contribution in [0.1, 0.15) is 24.2 Å². The van der Waals surface area contributed by atoms with E-state index < -0.39 is 0 Å². The van der Waals surface area contributed by atoms with E-state index in [2.05, 4.69) is 20.5 Å². The highest BCUT2D eigenvalue weighted by molar-refractivity contribution is 5.04. The first-order chi connectivity index (χ1) is 7.83. The highest BCUT2D eigenvalue weighted by Gasteiger charge is 2.33. The summed E-state index contributed by atoms with van der Waals surface area (Å²) in [5.41, 5.74) is 1.84. The molecule has 2 bridgehead atoms. The third kappa shape index (κ3) is 1.85. The van der Waals surface area contributed by atoms with Gasteiger partial charge in [0, 0.05) is 19.1 Å². The van der Waals surface area contributed by atoms with E-state index in [1.54, 1.807) is 0 Å². The summed E-state index contributed by atoms with van der Waals surface area (Å²) in [6.45, 7) is 6.48. The number of nitrogens with zero attached hydrogens (tertiary/aromatic N) is 3. The maximum Gasteiger partial charge on any atom is 0.121 e. The molecule has 5 nitrogen and oxygen atoms in total. The van der Waals surface area contributed by atoms with Crippen LogP contribution >= 0.6 is 0 Å². The van der Waals surface area contributed by atoms with E-state index in [4.69, 9.17) is 4.63 Å². The van der Waals surface area contributed by atoms with Crippen LogP contribution in [0.25, 0.3) is 0 Å². The Bertz CT molecular complexity index is 357. The van der Waals surface area contributed by atoms with Crippen molar-refractivity contribution in [1.29, 1.82) is 0 Å². The van der Waals surface area contributed by atoms with Gasteiger partial charge in [-0.05, 0) is 38.8 Å². The summed E-state index contributed by atoms with van der Waals surface area (Å²) in [5.74, 6) is 0.852. The molecular formula is C11H18N4O. The van der Waals surface area contributed by atoms with Gasteiger partial charge in [0.15, 0.2) is 0 Å². The Morgan fingerprint density at radius 3 is 2.75 bits per heavy atom. The second-order valence-electron chi connectivity index (χ2n) is 4.92. The lowest BCUT2D eigenvalue weighted by molar-refractivity contribution is 0.0717. The monoisotopic (exact) mass is 222 g/mol. The molecule has 1 aromatic heterocycles. The zero-order valence-corrected chi connectivity index (χ0v) is 9.65. The van der Waals surface area contributed by atoms with Crippen LogP contribution in [0.15, 0.2) is 4.63 Å². The fourth-order valence-corrected chi connectivity index (χ4v) is 2.83. The molecule has 1 N–H and O–H groups in total. The van der Waals surface area contributed by atoms with Crippen molar-refractivity contribution in [2.24, 2.45) is 5.92 Å². The zero-order valence-electron chi connectivity index (χ0n) is 9.65. The Balaban J connectivity index is 1.58. The number of hydrogen-bond acceptors (Lipinski definition) is 5. The van der Waals surface area contributed by atoms with Gasteiger partial charge in [-0.15, -0.1) is 0 Å². The lowest BCUT2D eigenvalue weighted by atomic mass is 9.84.